The number of fused-ring (bicyclic) bond motifs is 3. The number of pyridine rings is 1. The Bertz CT molecular complexity index is 1500. The van der Waals surface area contributed by atoms with Crippen LogP contribution in [0.4, 0.5) is 0 Å². The van der Waals surface area contributed by atoms with Crippen LogP contribution in [0.1, 0.15) is 80.2 Å². The lowest BCUT2D eigenvalue weighted by atomic mass is 9.83. The molecule has 0 radical (unpaired) electrons. The number of hydrogen-bond acceptors (Lipinski definition) is 3. The molecule has 5 nitrogen and oxygen atoms in total. The Hall–Kier alpha value is -3.44. The highest BCUT2D eigenvalue weighted by atomic mass is 16.5. The van der Waals surface area contributed by atoms with E-state index in [1.54, 1.807) is 0 Å². The molecule has 0 aliphatic carbocycles. The van der Waals surface area contributed by atoms with E-state index < -0.39 is 5.41 Å². The summed E-state index contributed by atoms with van der Waals surface area (Å²) in [6.07, 6.45) is 6.48. The average molecular weight is 536 g/mol. The number of nitrogens with zero attached hydrogens (tertiary/aromatic N) is 2. The minimum absolute atomic E-state index is 0.124. The summed E-state index contributed by atoms with van der Waals surface area (Å²) in [6.45, 7) is 11.8. The van der Waals surface area contributed by atoms with Gasteiger partial charge in [-0.2, -0.15) is 0 Å². The summed E-state index contributed by atoms with van der Waals surface area (Å²) in [5.41, 5.74) is 8.26. The predicted octanol–water partition coefficient (Wildman–Crippen LogP) is 7.60. The van der Waals surface area contributed by atoms with Gasteiger partial charge in [0, 0.05) is 29.6 Å². The van der Waals surface area contributed by atoms with Crippen LogP contribution in [0.5, 0.6) is 0 Å². The SMILES string of the molecule is Cc1cc(C)cc(-c2[nH]c3ncc(C(C)(C)C(=O)N4C5CCC4CC5)cc3c2C(C)COCc2ccccc2)c1. The summed E-state index contributed by atoms with van der Waals surface area (Å²) < 4.78 is 6.23. The van der Waals surface area contributed by atoms with Gasteiger partial charge in [-0.1, -0.05) is 54.4 Å². The molecule has 1 atom stereocenters. The number of carbonyl (C=O) groups is 1. The Morgan fingerprint density at radius 2 is 1.68 bits per heavy atom. The van der Waals surface area contributed by atoms with Crippen molar-refractivity contribution in [1.82, 2.24) is 14.9 Å². The molecule has 1 amide bonds. The molecule has 2 aromatic carbocycles. The number of aromatic nitrogens is 2. The number of aryl methyl sites for hydroxylation is 2. The summed E-state index contributed by atoms with van der Waals surface area (Å²) in [6, 6.07) is 20.0. The van der Waals surface area contributed by atoms with Crippen molar-refractivity contribution in [2.75, 3.05) is 6.61 Å². The van der Waals surface area contributed by atoms with Crippen LogP contribution < -0.4 is 0 Å². The first-order valence-corrected chi connectivity index (χ1v) is 14.8. The number of aromatic amines is 1. The van der Waals surface area contributed by atoms with Crippen molar-refractivity contribution >= 4 is 16.9 Å². The Morgan fingerprint density at radius 3 is 2.33 bits per heavy atom. The molecule has 40 heavy (non-hydrogen) atoms. The second-order valence-corrected chi connectivity index (χ2v) is 12.6. The number of ether oxygens (including phenoxy) is 1. The van der Waals surface area contributed by atoms with Crippen molar-refractivity contribution in [3.63, 3.8) is 0 Å². The minimum atomic E-state index is -0.645. The fraction of sp³-hybridized carbons (Fsp3) is 0.429. The van der Waals surface area contributed by atoms with Crippen LogP contribution >= 0.6 is 0 Å². The summed E-state index contributed by atoms with van der Waals surface area (Å²) in [7, 11) is 0. The number of hydrogen-bond donors (Lipinski definition) is 1. The molecule has 0 spiro atoms. The van der Waals surface area contributed by atoms with E-state index in [2.05, 4.69) is 80.9 Å². The van der Waals surface area contributed by atoms with Crippen molar-refractivity contribution in [3.8, 4) is 11.3 Å². The second-order valence-electron chi connectivity index (χ2n) is 12.6. The lowest BCUT2D eigenvalue weighted by Crippen LogP contribution is -2.46. The zero-order valence-electron chi connectivity index (χ0n) is 24.5. The van der Waals surface area contributed by atoms with Crippen LogP contribution in [0.3, 0.4) is 0 Å². The number of nitrogens with one attached hydrogen (secondary N) is 1. The van der Waals surface area contributed by atoms with E-state index in [1.807, 2.05) is 24.4 Å². The van der Waals surface area contributed by atoms with Crippen molar-refractivity contribution in [2.45, 2.75) is 90.3 Å². The Morgan fingerprint density at radius 1 is 1.02 bits per heavy atom. The number of rotatable bonds is 8. The van der Waals surface area contributed by atoms with E-state index in [0.29, 0.717) is 25.3 Å². The van der Waals surface area contributed by atoms with E-state index >= 15 is 0 Å². The molecule has 2 aromatic heterocycles. The quantitative estimate of drug-likeness (QED) is 0.253. The third-order valence-electron chi connectivity index (χ3n) is 9.12. The van der Waals surface area contributed by atoms with E-state index in [4.69, 9.17) is 9.72 Å². The summed E-state index contributed by atoms with van der Waals surface area (Å²) in [5.74, 6) is 0.364. The van der Waals surface area contributed by atoms with E-state index in [0.717, 1.165) is 53.5 Å². The standard InChI is InChI=1S/C35H41N3O2/c1-22-15-23(2)17-26(16-22)32-31(24(3)20-40-21-25-9-7-6-8-10-25)30-18-27(19-36-33(30)37-32)35(4,5)34(39)38-28-11-12-29(38)14-13-28/h6-10,15-19,24,28-29H,11-14,20-21H2,1-5H3,(H,36,37). The van der Waals surface area contributed by atoms with Gasteiger partial charge < -0.3 is 14.6 Å². The normalized spacial score (nSPS) is 19.5. The maximum atomic E-state index is 13.9. The van der Waals surface area contributed by atoms with Gasteiger partial charge in [0.15, 0.2) is 0 Å². The topological polar surface area (TPSA) is 58.2 Å². The Kier molecular flexibility index (Phi) is 7.03. The van der Waals surface area contributed by atoms with Crippen molar-refractivity contribution in [2.24, 2.45) is 0 Å². The van der Waals surface area contributed by atoms with Gasteiger partial charge in [0.2, 0.25) is 5.91 Å². The van der Waals surface area contributed by atoms with Crippen LogP contribution in [0, 0.1) is 13.8 Å². The molecule has 6 rings (SSSR count). The molecular formula is C35H41N3O2. The molecule has 2 bridgehead atoms. The number of carbonyl (C=O) groups excluding carboxylic acids is 1. The number of amides is 1. The lowest BCUT2D eigenvalue weighted by molar-refractivity contribution is -0.137. The van der Waals surface area contributed by atoms with Crippen LogP contribution in [-0.4, -0.2) is 39.5 Å². The molecule has 208 valence electrons. The highest BCUT2D eigenvalue weighted by Gasteiger charge is 2.47. The van der Waals surface area contributed by atoms with Crippen LogP contribution in [0.15, 0.2) is 60.8 Å². The fourth-order valence-corrected chi connectivity index (χ4v) is 6.99. The predicted molar refractivity (Wildman–Crippen MR) is 161 cm³/mol. The Labute approximate surface area is 238 Å². The van der Waals surface area contributed by atoms with Crippen LogP contribution in [-0.2, 0) is 21.6 Å². The first-order chi connectivity index (χ1) is 19.2. The molecule has 4 aromatic rings. The maximum Gasteiger partial charge on any atom is 0.233 e. The number of benzene rings is 2. The summed E-state index contributed by atoms with van der Waals surface area (Å²) in [5, 5.41) is 1.08. The van der Waals surface area contributed by atoms with Gasteiger partial charge in [0.05, 0.1) is 24.3 Å². The van der Waals surface area contributed by atoms with Gasteiger partial charge in [0.25, 0.3) is 0 Å². The maximum absolute atomic E-state index is 13.9. The highest BCUT2D eigenvalue weighted by molar-refractivity contribution is 5.93. The van der Waals surface area contributed by atoms with Gasteiger partial charge in [0.1, 0.15) is 5.65 Å². The third-order valence-corrected chi connectivity index (χ3v) is 9.12. The first kappa shape index (κ1) is 26.8. The molecule has 2 saturated heterocycles. The van der Waals surface area contributed by atoms with Gasteiger partial charge in [-0.3, -0.25) is 4.79 Å². The molecule has 0 saturated carbocycles. The Balaban J connectivity index is 1.38. The minimum Gasteiger partial charge on any atom is -0.376 e. The smallest absolute Gasteiger partial charge is 0.233 e. The van der Waals surface area contributed by atoms with Crippen molar-refractivity contribution < 1.29 is 9.53 Å². The summed E-state index contributed by atoms with van der Waals surface area (Å²) in [4.78, 5) is 24.7. The average Bonchev–Trinajstić information content (AvgIpc) is 3.65. The third kappa shape index (κ3) is 4.85. The molecule has 1 N–H and O–H groups in total. The van der Waals surface area contributed by atoms with Crippen LogP contribution in [0.2, 0.25) is 0 Å². The van der Waals surface area contributed by atoms with Gasteiger partial charge in [-0.15, -0.1) is 0 Å². The van der Waals surface area contributed by atoms with Gasteiger partial charge in [-0.25, -0.2) is 4.98 Å². The largest absolute Gasteiger partial charge is 0.376 e. The molecular weight excluding hydrogens is 494 g/mol. The molecule has 2 aliphatic heterocycles. The van der Waals surface area contributed by atoms with Crippen LogP contribution in [0.25, 0.3) is 22.3 Å². The van der Waals surface area contributed by atoms with Crippen molar-refractivity contribution in [1.29, 1.82) is 0 Å². The fourth-order valence-electron chi connectivity index (χ4n) is 6.99. The molecule has 2 aliphatic rings. The van der Waals surface area contributed by atoms with E-state index in [9.17, 15) is 4.79 Å². The summed E-state index contributed by atoms with van der Waals surface area (Å²) >= 11 is 0. The molecule has 5 heteroatoms. The molecule has 1 unspecified atom stereocenters. The zero-order chi connectivity index (χ0) is 28.0. The highest BCUT2D eigenvalue weighted by Crippen LogP contribution is 2.42. The van der Waals surface area contributed by atoms with E-state index in [1.165, 1.54) is 22.3 Å². The first-order valence-electron chi connectivity index (χ1n) is 14.8. The monoisotopic (exact) mass is 535 g/mol. The second kappa shape index (κ2) is 10.5. The molecule has 2 fully saturated rings. The van der Waals surface area contributed by atoms with Crippen molar-refractivity contribution in [3.05, 3.63) is 88.6 Å². The van der Waals surface area contributed by atoms with E-state index in [-0.39, 0.29) is 11.8 Å². The molecule has 4 heterocycles. The number of H-pyrrole nitrogens is 1. The zero-order valence-corrected chi connectivity index (χ0v) is 24.5. The van der Waals surface area contributed by atoms with Gasteiger partial charge in [-0.05, 0) is 93.8 Å². The van der Waals surface area contributed by atoms with Gasteiger partial charge >= 0.3 is 0 Å². The lowest BCUT2D eigenvalue weighted by Gasteiger charge is -2.32.